The summed E-state index contributed by atoms with van der Waals surface area (Å²) in [5, 5.41) is 2.87. The van der Waals surface area contributed by atoms with Crippen molar-refractivity contribution in [2.45, 2.75) is 39.2 Å². The van der Waals surface area contributed by atoms with Crippen LogP contribution >= 0.6 is 0 Å². The normalized spacial score (nSPS) is 25.7. The fourth-order valence-electron chi connectivity index (χ4n) is 2.99. The van der Waals surface area contributed by atoms with Crippen molar-refractivity contribution in [2.75, 3.05) is 5.73 Å². The SMILES string of the molecule is CCC1CCC(NC(=O)c2cc(F)c(N)c(F)c2)C1C. The molecule has 2 rings (SSSR count). The third-order valence-corrected chi connectivity index (χ3v) is 4.41. The molecule has 1 aromatic rings. The highest BCUT2D eigenvalue weighted by atomic mass is 19.1. The monoisotopic (exact) mass is 282 g/mol. The quantitative estimate of drug-likeness (QED) is 0.837. The Morgan fingerprint density at radius 2 is 1.95 bits per heavy atom. The maximum Gasteiger partial charge on any atom is 0.251 e. The number of hydrogen-bond acceptors (Lipinski definition) is 2. The Morgan fingerprint density at radius 3 is 2.45 bits per heavy atom. The van der Waals surface area contributed by atoms with Crippen LogP contribution < -0.4 is 11.1 Å². The maximum absolute atomic E-state index is 13.4. The van der Waals surface area contributed by atoms with Crippen LogP contribution in [0.3, 0.4) is 0 Å². The molecule has 0 spiro atoms. The number of carbonyl (C=O) groups is 1. The summed E-state index contributed by atoms with van der Waals surface area (Å²) in [6.07, 6.45) is 3.07. The molecular weight excluding hydrogens is 262 g/mol. The molecule has 20 heavy (non-hydrogen) atoms. The highest BCUT2D eigenvalue weighted by molar-refractivity contribution is 5.94. The third-order valence-electron chi connectivity index (χ3n) is 4.41. The topological polar surface area (TPSA) is 55.1 Å². The van der Waals surface area contributed by atoms with Crippen molar-refractivity contribution in [1.82, 2.24) is 5.32 Å². The lowest BCUT2D eigenvalue weighted by molar-refractivity contribution is 0.0925. The molecule has 1 amide bonds. The maximum atomic E-state index is 13.4. The van der Waals surface area contributed by atoms with E-state index in [1.807, 2.05) is 0 Å². The van der Waals surface area contributed by atoms with Gasteiger partial charge in [0.15, 0.2) is 0 Å². The molecule has 110 valence electrons. The zero-order valence-corrected chi connectivity index (χ0v) is 11.7. The van der Waals surface area contributed by atoms with E-state index in [9.17, 15) is 13.6 Å². The van der Waals surface area contributed by atoms with Crippen molar-refractivity contribution in [3.63, 3.8) is 0 Å². The van der Waals surface area contributed by atoms with E-state index < -0.39 is 23.2 Å². The minimum Gasteiger partial charge on any atom is -0.394 e. The van der Waals surface area contributed by atoms with Gasteiger partial charge in [-0.25, -0.2) is 8.78 Å². The lowest BCUT2D eigenvalue weighted by Gasteiger charge is -2.21. The predicted molar refractivity (Wildman–Crippen MR) is 74.2 cm³/mol. The number of nitrogens with two attached hydrogens (primary N) is 1. The molecule has 1 aliphatic carbocycles. The summed E-state index contributed by atoms with van der Waals surface area (Å²) in [7, 11) is 0. The van der Waals surface area contributed by atoms with Gasteiger partial charge >= 0.3 is 0 Å². The van der Waals surface area contributed by atoms with Crippen LogP contribution in [-0.4, -0.2) is 11.9 Å². The van der Waals surface area contributed by atoms with Gasteiger partial charge in [-0.3, -0.25) is 4.79 Å². The number of carbonyl (C=O) groups excluding carboxylic acids is 1. The second-order valence-corrected chi connectivity index (χ2v) is 5.54. The Hall–Kier alpha value is -1.65. The molecule has 0 bridgehead atoms. The molecule has 0 aliphatic heterocycles. The molecule has 1 aromatic carbocycles. The average Bonchev–Trinajstić information content (AvgIpc) is 2.76. The van der Waals surface area contributed by atoms with E-state index in [2.05, 4.69) is 19.2 Å². The smallest absolute Gasteiger partial charge is 0.251 e. The second kappa shape index (κ2) is 5.77. The van der Waals surface area contributed by atoms with Crippen LogP contribution in [0.15, 0.2) is 12.1 Å². The predicted octanol–water partition coefficient (Wildman–Crippen LogP) is 3.10. The van der Waals surface area contributed by atoms with Gasteiger partial charge in [0.05, 0.1) is 0 Å². The number of anilines is 1. The van der Waals surface area contributed by atoms with Gasteiger partial charge in [0.1, 0.15) is 17.3 Å². The fourth-order valence-corrected chi connectivity index (χ4v) is 2.99. The minimum atomic E-state index is -0.902. The molecule has 0 saturated heterocycles. The van der Waals surface area contributed by atoms with Gasteiger partial charge in [0.2, 0.25) is 0 Å². The number of nitrogens with one attached hydrogen (secondary N) is 1. The summed E-state index contributed by atoms with van der Waals surface area (Å²) < 4.78 is 26.7. The minimum absolute atomic E-state index is 0.0265. The summed E-state index contributed by atoms with van der Waals surface area (Å²) in [6, 6.07) is 2.02. The van der Waals surface area contributed by atoms with E-state index in [-0.39, 0.29) is 11.6 Å². The Balaban J connectivity index is 2.10. The van der Waals surface area contributed by atoms with Crippen LogP contribution in [0.1, 0.15) is 43.5 Å². The Labute approximate surface area is 117 Å². The zero-order chi connectivity index (χ0) is 14.9. The molecule has 1 saturated carbocycles. The Bertz CT molecular complexity index is 496. The molecule has 5 heteroatoms. The molecule has 3 N–H and O–H groups in total. The number of hydrogen-bond donors (Lipinski definition) is 2. The first-order valence-corrected chi connectivity index (χ1v) is 6.99. The van der Waals surface area contributed by atoms with Crippen LogP contribution in [0.4, 0.5) is 14.5 Å². The zero-order valence-electron chi connectivity index (χ0n) is 11.7. The van der Waals surface area contributed by atoms with Crippen LogP contribution in [0.2, 0.25) is 0 Å². The van der Waals surface area contributed by atoms with Crippen molar-refractivity contribution >= 4 is 11.6 Å². The summed E-state index contributed by atoms with van der Waals surface area (Å²) in [5.41, 5.74) is 4.61. The summed E-state index contributed by atoms with van der Waals surface area (Å²) in [4.78, 5) is 12.1. The molecule has 3 unspecified atom stereocenters. The molecule has 0 radical (unpaired) electrons. The third kappa shape index (κ3) is 2.76. The second-order valence-electron chi connectivity index (χ2n) is 5.54. The van der Waals surface area contributed by atoms with Crippen molar-refractivity contribution in [1.29, 1.82) is 0 Å². The standard InChI is InChI=1S/C15H20F2N2O/c1-3-9-4-5-13(8(9)2)19-15(20)10-6-11(16)14(18)12(17)7-10/h6-9,13H,3-5,18H2,1-2H3,(H,19,20). The largest absolute Gasteiger partial charge is 0.394 e. The van der Waals surface area contributed by atoms with Crippen LogP contribution in [0, 0.1) is 23.5 Å². The summed E-state index contributed by atoms with van der Waals surface area (Å²) in [6.45, 7) is 4.24. The summed E-state index contributed by atoms with van der Waals surface area (Å²) >= 11 is 0. The molecule has 0 aromatic heterocycles. The molecule has 1 aliphatic rings. The van der Waals surface area contributed by atoms with Gasteiger partial charge < -0.3 is 11.1 Å². The lowest BCUT2D eigenvalue weighted by Crippen LogP contribution is -2.37. The molecule has 0 heterocycles. The van der Waals surface area contributed by atoms with Crippen LogP contribution in [0.25, 0.3) is 0 Å². The van der Waals surface area contributed by atoms with Crippen molar-refractivity contribution in [3.05, 3.63) is 29.3 Å². The lowest BCUT2D eigenvalue weighted by atomic mass is 9.93. The van der Waals surface area contributed by atoms with Crippen LogP contribution in [0.5, 0.6) is 0 Å². The molecule has 1 fully saturated rings. The molecular formula is C15H20F2N2O. The highest BCUT2D eigenvalue weighted by Gasteiger charge is 2.32. The van der Waals surface area contributed by atoms with Gasteiger partial charge in [0, 0.05) is 11.6 Å². The fraction of sp³-hybridized carbons (Fsp3) is 0.533. The Kier molecular flexibility index (Phi) is 4.26. The average molecular weight is 282 g/mol. The van der Waals surface area contributed by atoms with Crippen molar-refractivity contribution in [3.8, 4) is 0 Å². The molecule has 3 nitrogen and oxygen atoms in total. The van der Waals surface area contributed by atoms with E-state index >= 15 is 0 Å². The van der Waals surface area contributed by atoms with Gasteiger partial charge in [-0.05, 0) is 36.8 Å². The van der Waals surface area contributed by atoms with E-state index in [1.165, 1.54) is 0 Å². The van der Waals surface area contributed by atoms with Gasteiger partial charge in [-0.1, -0.05) is 20.3 Å². The van der Waals surface area contributed by atoms with E-state index in [4.69, 9.17) is 5.73 Å². The first-order valence-electron chi connectivity index (χ1n) is 6.99. The number of rotatable bonds is 3. The van der Waals surface area contributed by atoms with E-state index in [1.54, 1.807) is 0 Å². The van der Waals surface area contributed by atoms with Crippen molar-refractivity contribution in [2.24, 2.45) is 11.8 Å². The van der Waals surface area contributed by atoms with Gasteiger partial charge in [-0.15, -0.1) is 0 Å². The summed E-state index contributed by atoms with van der Waals surface area (Å²) in [5.74, 6) is -1.27. The Morgan fingerprint density at radius 1 is 1.35 bits per heavy atom. The van der Waals surface area contributed by atoms with Gasteiger partial charge in [0.25, 0.3) is 5.91 Å². The number of benzene rings is 1. The van der Waals surface area contributed by atoms with E-state index in [0.717, 1.165) is 31.4 Å². The number of halogens is 2. The van der Waals surface area contributed by atoms with Crippen molar-refractivity contribution < 1.29 is 13.6 Å². The van der Waals surface area contributed by atoms with Crippen LogP contribution in [-0.2, 0) is 0 Å². The van der Waals surface area contributed by atoms with E-state index in [0.29, 0.717) is 11.8 Å². The highest BCUT2D eigenvalue weighted by Crippen LogP contribution is 2.34. The number of amides is 1. The molecule has 3 atom stereocenters. The first kappa shape index (κ1) is 14.8. The van der Waals surface area contributed by atoms with Gasteiger partial charge in [-0.2, -0.15) is 0 Å². The first-order chi connectivity index (χ1) is 9.43. The number of nitrogen functional groups attached to an aromatic ring is 1.